The quantitative estimate of drug-likeness (QED) is 0.836. The van der Waals surface area contributed by atoms with Gasteiger partial charge in [0.2, 0.25) is 0 Å². The van der Waals surface area contributed by atoms with Crippen molar-refractivity contribution in [2.24, 2.45) is 0 Å². The third-order valence-corrected chi connectivity index (χ3v) is 3.08. The van der Waals surface area contributed by atoms with E-state index in [1.54, 1.807) is 4.68 Å². The first-order valence-electron chi connectivity index (χ1n) is 6.02. The number of β-amino-alcohol motifs (C(OH)–C–C–N with tert-alkyl or cyclic N) is 1. The number of hydrogen-bond donors (Lipinski definition) is 1. The SMILES string of the molecule is Cc1ccn(-c2ccc(N3CC[C@H](O)C3)nn2)n1. The number of rotatable bonds is 2. The van der Waals surface area contributed by atoms with Gasteiger partial charge in [0.05, 0.1) is 11.8 Å². The minimum Gasteiger partial charge on any atom is -0.391 e. The number of aliphatic hydroxyl groups is 1. The molecule has 2 aromatic rings. The van der Waals surface area contributed by atoms with E-state index < -0.39 is 0 Å². The summed E-state index contributed by atoms with van der Waals surface area (Å²) in [6.07, 6.45) is 2.40. The fourth-order valence-corrected chi connectivity index (χ4v) is 2.10. The van der Waals surface area contributed by atoms with Crippen molar-refractivity contribution in [2.75, 3.05) is 18.0 Å². The van der Waals surface area contributed by atoms with Gasteiger partial charge >= 0.3 is 0 Å². The highest BCUT2D eigenvalue weighted by Crippen LogP contribution is 2.17. The Hall–Kier alpha value is -1.95. The molecule has 0 spiro atoms. The van der Waals surface area contributed by atoms with Crippen LogP contribution >= 0.6 is 0 Å². The molecule has 1 aliphatic rings. The summed E-state index contributed by atoms with van der Waals surface area (Å²) in [5.41, 5.74) is 0.948. The van der Waals surface area contributed by atoms with Crippen molar-refractivity contribution in [2.45, 2.75) is 19.4 Å². The first-order chi connectivity index (χ1) is 8.72. The van der Waals surface area contributed by atoms with E-state index in [0.29, 0.717) is 12.4 Å². The highest BCUT2D eigenvalue weighted by Gasteiger charge is 2.21. The molecule has 0 aliphatic carbocycles. The summed E-state index contributed by atoms with van der Waals surface area (Å²) < 4.78 is 1.70. The van der Waals surface area contributed by atoms with Crippen LogP contribution < -0.4 is 4.90 Å². The van der Waals surface area contributed by atoms with E-state index in [1.807, 2.05) is 36.2 Å². The zero-order chi connectivity index (χ0) is 12.5. The molecule has 3 heterocycles. The van der Waals surface area contributed by atoms with Crippen molar-refractivity contribution in [3.05, 3.63) is 30.1 Å². The van der Waals surface area contributed by atoms with Crippen molar-refractivity contribution < 1.29 is 5.11 Å². The van der Waals surface area contributed by atoms with E-state index in [9.17, 15) is 5.11 Å². The lowest BCUT2D eigenvalue weighted by Crippen LogP contribution is -2.22. The van der Waals surface area contributed by atoms with E-state index in [2.05, 4.69) is 15.3 Å². The molecule has 1 aliphatic heterocycles. The first kappa shape index (κ1) is 11.2. The van der Waals surface area contributed by atoms with Gasteiger partial charge < -0.3 is 10.0 Å². The largest absolute Gasteiger partial charge is 0.391 e. The van der Waals surface area contributed by atoms with Crippen molar-refractivity contribution in [3.8, 4) is 5.82 Å². The average molecular weight is 245 g/mol. The molecule has 0 amide bonds. The van der Waals surface area contributed by atoms with Crippen molar-refractivity contribution in [1.29, 1.82) is 0 Å². The summed E-state index contributed by atoms with van der Waals surface area (Å²) in [6, 6.07) is 5.73. The minimum absolute atomic E-state index is 0.250. The molecule has 2 aromatic heterocycles. The number of anilines is 1. The Balaban J connectivity index is 1.81. The molecule has 3 rings (SSSR count). The maximum absolute atomic E-state index is 9.49. The fourth-order valence-electron chi connectivity index (χ4n) is 2.10. The Morgan fingerprint density at radius 2 is 2.00 bits per heavy atom. The predicted molar refractivity (Wildman–Crippen MR) is 66.7 cm³/mol. The van der Waals surface area contributed by atoms with Gasteiger partial charge in [-0.2, -0.15) is 5.10 Å². The number of nitrogens with zero attached hydrogens (tertiary/aromatic N) is 5. The summed E-state index contributed by atoms with van der Waals surface area (Å²) in [5.74, 6) is 1.51. The van der Waals surface area contributed by atoms with Gasteiger partial charge in [0, 0.05) is 19.3 Å². The number of aryl methyl sites for hydroxylation is 1. The van der Waals surface area contributed by atoms with Gasteiger partial charge in [0.25, 0.3) is 0 Å². The second-order valence-electron chi connectivity index (χ2n) is 4.54. The van der Waals surface area contributed by atoms with Crippen LogP contribution in [0.25, 0.3) is 5.82 Å². The molecule has 1 saturated heterocycles. The molecule has 0 aromatic carbocycles. The lowest BCUT2D eigenvalue weighted by molar-refractivity contribution is 0.198. The Morgan fingerprint density at radius 1 is 1.22 bits per heavy atom. The zero-order valence-corrected chi connectivity index (χ0v) is 10.2. The Labute approximate surface area is 105 Å². The maximum atomic E-state index is 9.49. The molecule has 0 bridgehead atoms. The highest BCUT2D eigenvalue weighted by atomic mass is 16.3. The number of hydrogen-bond acceptors (Lipinski definition) is 5. The summed E-state index contributed by atoms with van der Waals surface area (Å²) in [7, 11) is 0. The Morgan fingerprint density at radius 3 is 2.56 bits per heavy atom. The molecule has 0 unspecified atom stereocenters. The topological polar surface area (TPSA) is 67.1 Å². The molecule has 6 heteroatoms. The second kappa shape index (κ2) is 4.38. The monoisotopic (exact) mass is 245 g/mol. The molecule has 6 nitrogen and oxygen atoms in total. The summed E-state index contributed by atoms with van der Waals surface area (Å²) in [6.45, 7) is 3.40. The zero-order valence-electron chi connectivity index (χ0n) is 10.2. The molecular formula is C12H15N5O. The number of aliphatic hydroxyl groups excluding tert-OH is 1. The highest BCUT2D eigenvalue weighted by molar-refractivity contribution is 5.40. The predicted octanol–water partition coefficient (Wildman–Crippen LogP) is 0.542. The summed E-state index contributed by atoms with van der Waals surface area (Å²) >= 11 is 0. The van der Waals surface area contributed by atoms with Crippen molar-refractivity contribution >= 4 is 5.82 Å². The van der Waals surface area contributed by atoms with Crippen LogP contribution in [0.2, 0.25) is 0 Å². The van der Waals surface area contributed by atoms with Gasteiger partial charge in [-0.3, -0.25) is 0 Å². The van der Waals surface area contributed by atoms with Gasteiger partial charge in [0.1, 0.15) is 0 Å². The van der Waals surface area contributed by atoms with Crippen LogP contribution in [-0.4, -0.2) is 44.3 Å². The first-order valence-corrected chi connectivity index (χ1v) is 6.02. The van der Waals surface area contributed by atoms with E-state index in [-0.39, 0.29) is 6.10 Å². The molecule has 1 atom stereocenters. The van der Waals surface area contributed by atoms with E-state index in [0.717, 1.165) is 24.5 Å². The maximum Gasteiger partial charge on any atom is 0.175 e. The molecular weight excluding hydrogens is 230 g/mol. The summed E-state index contributed by atoms with van der Waals surface area (Å²) in [4.78, 5) is 2.04. The third kappa shape index (κ3) is 2.06. The van der Waals surface area contributed by atoms with Crippen molar-refractivity contribution in [1.82, 2.24) is 20.0 Å². The number of aromatic nitrogens is 4. The molecule has 94 valence electrons. The van der Waals surface area contributed by atoms with Crippen LogP contribution in [0, 0.1) is 6.92 Å². The van der Waals surface area contributed by atoms with Crippen LogP contribution in [0.5, 0.6) is 0 Å². The van der Waals surface area contributed by atoms with E-state index in [1.165, 1.54) is 0 Å². The Bertz CT molecular complexity index is 536. The van der Waals surface area contributed by atoms with Gasteiger partial charge in [-0.15, -0.1) is 10.2 Å². The molecule has 1 fully saturated rings. The van der Waals surface area contributed by atoms with Crippen LogP contribution in [0.3, 0.4) is 0 Å². The van der Waals surface area contributed by atoms with Crippen LogP contribution in [-0.2, 0) is 0 Å². The van der Waals surface area contributed by atoms with Gasteiger partial charge in [-0.05, 0) is 31.5 Å². The van der Waals surface area contributed by atoms with E-state index >= 15 is 0 Å². The molecule has 0 saturated carbocycles. The minimum atomic E-state index is -0.250. The van der Waals surface area contributed by atoms with Crippen LogP contribution in [0.15, 0.2) is 24.4 Å². The van der Waals surface area contributed by atoms with E-state index in [4.69, 9.17) is 0 Å². The second-order valence-corrected chi connectivity index (χ2v) is 4.54. The third-order valence-electron chi connectivity index (χ3n) is 3.08. The summed E-state index contributed by atoms with van der Waals surface area (Å²) in [5, 5.41) is 22.1. The van der Waals surface area contributed by atoms with Gasteiger partial charge in [-0.25, -0.2) is 4.68 Å². The standard InChI is InChI=1S/C12H15N5O/c1-9-4-7-17(15-9)12-3-2-11(13-14-12)16-6-5-10(18)8-16/h2-4,7,10,18H,5-6,8H2,1H3/t10-/m0/s1. The van der Waals surface area contributed by atoms with Gasteiger partial charge in [-0.1, -0.05) is 0 Å². The smallest absolute Gasteiger partial charge is 0.175 e. The van der Waals surface area contributed by atoms with Crippen LogP contribution in [0.4, 0.5) is 5.82 Å². The average Bonchev–Trinajstić information content (AvgIpc) is 2.98. The molecule has 0 radical (unpaired) electrons. The lowest BCUT2D eigenvalue weighted by atomic mass is 10.3. The van der Waals surface area contributed by atoms with Crippen molar-refractivity contribution in [3.63, 3.8) is 0 Å². The molecule has 18 heavy (non-hydrogen) atoms. The van der Waals surface area contributed by atoms with Crippen LogP contribution in [0.1, 0.15) is 12.1 Å². The lowest BCUT2D eigenvalue weighted by Gasteiger charge is -2.15. The normalized spacial score (nSPS) is 19.4. The Kier molecular flexibility index (Phi) is 2.71. The fraction of sp³-hybridized carbons (Fsp3) is 0.417. The van der Waals surface area contributed by atoms with Gasteiger partial charge in [0.15, 0.2) is 11.6 Å². The molecule has 1 N–H and O–H groups in total.